The van der Waals surface area contributed by atoms with Crippen LogP contribution in [0.1, 0.15) is 22.8 Å². The number of aromatic hydroxyl groups is 1. The van der Waals surface area contributed by atoms with Crippen LogP contribution in [0, 0.1) is 6.92 Å². The van der Waals surface area contributed by atoms with Gasteiger partial charge in [0.25, 0.3) is 0 Å². The first-order valence-electron chi connectivity index (χ1n) is 6.78. The second kappa shape index (κ2) is 5.53. The van der Waals surface area contributed by atoms with Crippen molar-refractivity contribution in [2.45, 2.75) is 13.8 Å². The highest BCUT2D eigenvalue weighted by molar-refractivity contribution is 9.10. The zero-order chi connectivity index (χ0) is 15.9. The molecule has 0 amide bonds. The van der Waals surface area contributed by atoms with Crippen molar-refractivity contribution < 1.29 is 14.6 Å². The van der Waals surface area contributed by atoms with E-state index in [1.54, 1.807) is 38.1 Å². The molecule has 0 spiro atoms. The number of halogens is 1. The second-order valence-corrected chi connectivity index (χ2v) is 5.72. The number of phenolic OH excluding ortho intramolecular Hbond substituents is 1. The third-order valence-electron chi connectivity index (χ3n) is 3.34. The minimum Gasteiger partial charge on any atom is -0.505 e. The van der Waals surface area contributed by atoms with Gasteiger partial charge in [-0.3, -0.25) is 0 Å². The molecule has 1 aromatic heterocycles. The Morgan fingerprint density at radius 1 is 1.23 bits per heavy atom. The Hall–Kier alpha value is -2.21. The van der Waals surface area contributed by atoms with Gasteiger partial charge in [-0.05, 0) is 59.6 Å². The van der Waals surface area contributed by atoms with Crippen molar-refractivity contribution in [2.75, 3.05) is 6.61 Å². The van der Waals surface area contributed by atoms with E-state index in [9.17, 15) is 9.90 Å². The normalized spacial score (nSPS) is 11.0. The number of aryl methyl sites for hydroxylation is 1. The third kappa shape index (κ3) is 2.39. The van der Waals surface area contributed by atoms with Gasteiger partial charge in [0.05, 0.1) is 23.2 Å². The predicted molar refractivity (Wildman–Crippen MR) is 87.1 cm³/mol. The Labute approximate surface area is 135 Å². The molecule has 22 heavy (non-hydrogen) atoms. The molecule has 1 N–H and O–H groups in total. The van der Waals surface area contributed by atoms with Gasteiger partial charge in [-0.25, -0.2) is 14.8 Å². The number of ether oxygens (including phenoxy) is 1. The fourth-order valence-electron chi connectivity index (χ4n) is 2.24. The van der Waals surface area contributed by atoms with E-state index < -0.39 is 5.97 Å². The molecule has 3 aromatic rings. The van der Waals surface area contributed by atoms with Crippen LogP contribution in [0.5, 0.6) is 5.75 Å². The Kier molecular flexibility index (Phi) is 3.70. The maximum absolute atomic E-state index is 11.8. The summed E-state index contributed by atoms with van der Waals surface area (Å²) in [5, 5.41) is 10.2. The van der Waals surface area contributed by atoms with Crippen LogP contribution in [0.3, 0.4) is 0 Å². The van der Waals surface area contributed by atoms with Crippen LogP contribution < -0.4 is 0 Å². The lowest BCUT2D eigenvalue weighted by Crippen LogP contribution is -2.04. The standard InChI is InChI=1S/C16H13BrN2O3/c1-3-22-16(21)9-4-5-11-12(7-9)19-13-10(17)6-8(2)15(20)14(13)18-11/h4-7,20H,3H2,1-2H3. The molecule has 1 heterocycles. The van der Waals surface area contributed by atoms with Crippen LogP contribution in [-0.4, -0.2) is 27.7 Å². The summed E-state index contributed by atoms with van der Waals surface area (Å²) < 4.78 is 5.73. The van der Waals surface area contributed by atoms with Crippen molar-refractivity contribution in [3.63, 3.8) is 0 Å². The number of hydrogen-bond acceptors (Lipinski definition) is 5. The average Bonchev–Trinajstić information content (AvgIpc) is 2.51. The molecule has 0 saturated heterocycles. The molecule has 0 radical (unpaired) electrons. The zero-order valence-corrected chi connectivity index (χ0v) is 13.6. The van der Waals surface area contributed by atoms with Crippen molar-refractivity contribution >= 4 is 44.0 Å². The highest BCUT2D eigenvalue weighted by Crippen LogP contribution is 2.33. The van der Waals surface area contributed by atoms with Gasteiger partial charge < -0.3 is 9.84 Å². The third-order valence-corrected chi connectivity index (χ3v) is 3.95. The molecule has 3 rings (SSSR count). The van der Waals surface area contributed by atoms with E-state index in [0.29, 0.717) is 34.2 Å². The maximum Gasteiger partial charge on any atom is 0.338 e. The lowest BCUT2D eigenvalue weighted by atomic mass is 10.1. The molecule has 0 aliphatic carbocycles. The highest BCUT2D eigenvalue weighted by atomic mass is 79.9. The van der Waals surface area contributed by atoms with Gasteiger partial charge >= 0.3 is 5.97 Å². The van der Waals surface area contributed by atoms with Crippen molar-refractivity contribution in [3.05, 3.63) is 39.9 Å². The van der Waals surface area contributed by atoms with E-state index in [2.05, 4.69) is 25.9 Å². The minimum absolute atomic E-state index is 0.113. The molecule has 0 atom stereocenters. The first-order chi connectivity index (χ1) is 10.5. The molecular formula is C16H13BrN2O3. The summed E-state index contributed by atoms with van der Waals surface area (Å²) in [4.78, 5) is 20.8. The SMILES string of the molecule is CCOC(=O)c1ccc2nc3c(O)c(C)cc(Br)c3nc2c1. The van der Waals surface area contributed by atoms with Gasteiger partial charge in [0.1, 0.15) is 16.8 Å². The smallest absolute Gasteiger partial charge is 0.338 e. The molecule has 0 unspecified atom stereocenters. The number of nitrogens with zero attached hydrogens (tertiary/aromatic N) is 2. The number of fused-ring (bicyclic) bond motifs is 2. The minimum atomic E-state index is -0.392. The van der Waals surface area contributed by atoms with Gasteiger partial charge in [-0.1, -0.05) is 0 Å². The topological polar surface area (TPSA) is 72.3 Å². The molecule has 0 saturated carbocycles. The summed E-state index contributed by atoms with van der Waals surface area (Å²) in [5.74, 6) is -0.279. The number of carbonyl (C=O) groups excluding carboxylic acids is 1. The summed E-state index contributed by atoms with van der Waals surface area (Å²) in [6.45, 7) is 3.88. The lowest BCUT2D eigenvalue weighted by Gasteiger charge is -2.08. The molecule has 6 heteroatoms. The Morgan fingerprint density at radius 2 is 1.95 bits per heavy atom. The van der Waals surface area contributed by atoms with Crippen molar-refractivity contribution in [1.29, 1.82) is 0 Å². The van der Waals surface area contributed by atoms with Crippen molar-refractivity contribution in [3.8, 4) is 5.75 Å². The number of aromatic nitrogens is 2. The Balaban J connectivity index is 2.26. The maximum atomic E-state index is 11.8. The summed E-state index contributed by atoms with van der Waals surface area (Å²) in [6, 6.07) is 6.77. The number of hydrogen-bond donors (Lipinski definition) is 1. The summed E-state index contributed by atoms with van der Waals surface area (Å²) in [5.41, 5.74) is 3.31. The number of benzene rings is 2. The van der Waals surface area contributed by atoms with E-state index in [1.807, 2.05) is 0 Å². The van der Waals surface area contributed by atoms with Crippen LogP contribution in [0.4, 0.5) is 0 Å². The quantitative estimate of drug-likeness (QED) is 0.556. The number of rotatable bonds is 2. The Morgan fingerprint density at radius 3 is 2.68 bits per heavy atom. The summed E-state index contributed by atoms with van der Waals surface area (Å²) >= 11 is 3.43. The molecule has 0 aliphatic heterocycles. The van der Waals surface area contributed by atoms with Gasteiger partial charge in [-0.2, -0.15) is 0 Å². The van der Waals surface area contributed by atoms with Crippen LogP contribution in [-0.2, 0) is 4.74 Å². The predicted octanol–water partition coefficient (Wildman–Crippen LogP) is 3.74. The van der Waals surface area contributed by atoms with Gasteiger partial charge in [0, 0.05) is 4.47 Å². The largest absolute Gasteiger partial charge is 0.505 e. The van der Waals surface area contributed by atoms with E-state index in [1.165, 1.54) is 0 Å². The molecular weight excluding hydrogens is 348 g/mol. The van der Waals surface area contributed by atoms with E-state index in [-0.39, 0.29) is 5.75 Å². The lowest BCUT2D eigenvalue weighted by molar-refractivity contribution is 0.0526. The van der Waals surface area contributed by atoms with Crippen LogP contribution >= 0.6 is 15.9 Å². The summed E-state index contributed by atoms with van der Waals surface area (Å²) in [6.07, 6.45) is 0. The molecule has 2 aromatic carbocycles. The molecule has 0 fully saturated rings. The van der Waals surface area contributed by atoms with Crippen LogP contribution in [0.25, 0.3) is 22.1 Å². The zero-order valence-electron chi connectivity index (χ0n) is 12.1. The average molecular weight is 361 g/mol. The van der Waals surface area contributed by atoms with Crippen molar-refractivity contribution in [1.82, 2.24) is 9.97 Å². The van der Waals surface area contributed by atoms with E-state index in [0.717, 1.165) is 10.0 Å². The first-order valence-corrected chi connectivity index (χ1v) is 7.57. The second-order valence-electron chi connectivity index (χ2n) is 4.87. The highest BCUT2D eigenvalue weighted by Gasteiger charge is 2.14. The van der Waals surface area contributed by atoms with E-state index in [4.69, 9.17) is 4.74 Å². The fourth-order valence-corrected chi connectivity index (χ4v) is 2.86. The summed E-state index contributed by atoms with van der Waals surface area (Å²) in [7, 11) is 0. The monoisotopic (exact) mass is 360 g/mol. The number of carbonyl (C=O) groups is 1. The number of phenols is 1. The molecule has 0 aliphatic rings. The van der Waals surface area contributed by atoms with Gasteiger partial charge in [0.2, 0.25) is 0 Å². The molecule has 112 valence electrons. The van der Waals surface area contributed by atoms with Gasteiger partial charge in [0.15, 0.2) is 0 Å². The fraction of sp³-hybridized carbons (Fsp3) is 0.188. The van der Waals surface area contributed by atoms with Crippen LogP contribution in [0.2, 0.25) is 0 Å². The Bertz CT molecular complexity index is 909. The van der Waals surface area contributed by atoms with Crippen LogP contribution in [0.15, 0.2) is 28.7 Å². The molecule has 0 bridgehead atoms. The van der Waals surface area contributed by atoms with E-state index >= 15 is 0 Å². The van der Waals surface area contributed by atoms with Gasteiger partial charge in [-0.15, -0.1) is 0 Å². The first kappa shape index (κ1) is 14.7. The number of esters is 1. The molecule has 5 nitrogen and oxygen atoms in total. The van der Waals surface area contributed by atoms with Crippen molar-refractivity contribution in [2.24, 2.45) is 0 Å².